The number of rotatable bonds is 8. The lowest BCUT2D eigenvalue weighted by atomic mass is 10.1. The van der Waals surface area contributed by atoms with E-state index in [1.54, 1.807) is 0 Å². The molecule has 0 aromatic heterocycles. The van der Waals surface area contributed by atoms with Crippen LogP contribution in [0, 0.1) is 6.92 Å². The molecule has 0 radical (unpaired) electrons. The Morgan fingerprint density at radius 3 is 2.48 bits per heavy atom. The molecular formula is C14H17NO5S. The zero-order chi connectivity index (χ0) is 15.8. The molecule has 0 saturated heterocycles. The molecule has 0 fully saturated rings. The van der Waals surface area contributed by atoms with E-state index in [-0.39, 0.29) is 18.6 Å². The van der Waals surface area contributed by atoms with Crippen LogP contribution in [0.25, 0.3) is 0 Å². The van der Waals surface area contributed by atoms with Gasteiger partial charge in [-0.1, -0.05) is 18.2 Å². The summed E-state index contributed by atoms with van der Waals surface area (Å²) in [5.41, 5.74) is 1.04. The highest BCUT2D eigenvalue weighted by atomic mass is 32.2. The first-order valence-electron chi connectivity index (χ1n) is 6.32. The Bertz CT molecular complexity index is 532. The normalized spacial score (nSPS) is 11.7. The van der Waals surface area contributed by atoms with E-state index in [0.717, 1.165) is 10.5 Å². The fourth-order valence-corrected chi connectivity index (χ4v) is 2.46. The fourth-order valence-electron chi connectivity index (χ4n) is 1.62. The van der Waals surface area contributed by atoms with E-state index in [1.807, 2.05) is 31.2 Å². The SMILES string of the molecule is Cc1ccccc1SCC(=O)NC(CCC(=O)O)C(=O)O. The second-order valence-corrected chi connectivity index (χ2v) is 5.46. The molecule has 21 heavy (non-hydrogen) atoms. The second kappa shape index (κ2) is 8.31. The van der Waals surface area contributed by atoms with Gasteiger partial charge >= 0.3 is 11.9 Å². The number of carbonyl (C=O) groups is 3. The van der Waals surface area contributed by atoms with Crippen LogP contribution >= 0.6 is 11.8 Å². The van der Waals surface area contributed by atoms with Gasteiger partial charge in [0.15, 0.2) is 0 Å². The van der Waals surface area contributed by atoms with Crippen molar-refractivity contribution in [1.82, 2.24) is 5.32 Å². The zero-order valence-electron chi connectivity index (χ0n) is 11.5. The van der Waals surface area contributed by atoms with Crippen molar-refractivity contribution < 1.29 is 24.6 Å². The molecule has 0 aliphatic rings. The van der Waals surface area contributed by atoms with Gasteiger partial charge < -0.3 is 15.5 Å². The largest absolute Gasteiger partial charge is 0.481 e. The monoisotopic (exact) mass is 311 g/mol. The van der Waals surface area contributed by atoms with Crippen molar-refractivity contribution in [2.75, 3.05) is 5.75 Å². The van der Waals surface area contributed by atoms with E-state index in [9.17, 15) is 14.4 Å². The van der Waals surface area contributed by atoms with Gasteiger partial charge in [0.25, 0.3) is 0 Å². The molecule has 0 bridgehead atoms. The van der Waals surface area contributed by atoms with E-state index >= 15 is 0 Å². The number of hydrogen-bond donors (Lipinski definition) is 3. The highest BCUT2D eigenvalue weighted by molar-refractivity contribution is 8.00. The molecule has 1 amide bonds. The lowest BCUT2D eigenvalue weighted by Gasteiger charge is -2.13. The number of carboxylic acid groups (broad SMARTS) is 2. The Hall–Kier alpha value is -2.02. The Labute approximate surface area is 126 Å². The van der Waals surface area contributed by atoms with Crippen LogP contribution in [-0.4, -0.2) is 39.9 Å². The first kappa shape index (κ1) is 17.0. The minimum absolute atomic E-state index is 0.0850. The maximum atomic E-state index is 11.7. The molecule has 1 atom stereocenters. The summed E-state index contributed by atoms with van der Waals surface area (Å²) in [7, 11) is 0. The standard InChI is InChI=1S/C14H17NO5S/c1-9-4-2-3-5-11(9)21-8-12(16)15-10(14(19)20)6-7-13(17)18/h2-5,10H,6-8H2,1H3,(H,15,16)(H,17,18)(H,19,20). The van der Waals surface area contributed by atoms with Crippen molar-refractivity contribution in [1.29, 1.82) is 0 Å². The molecule has 1 aromatic rings. The van der Waals surface area contributed by atoms with Crippen LogP contribution in [0.2, 0.25) is 0 Å². The van der Waals surface area contributed by atoms with E-state index in [0.29, 0.717) is 0 Å². The molecule has 0 saturated carbocycles. The fraction of sp³-hybridized carbons (Fsp3) is 0.357. The summed E-state index contributed by atoms with van der Waals surface area (Å²) in [5.74, 6) is -2.67. The number of amides is 1. The molecule has 1 rings (SSSR count). The van der Waals surface area contributed by atoms with Gasteiger partial charge in [-0.3, -0.25) is 9.59 Å². The Morgan fingerprint density at radius 1 is 1.24 bits per heavy atom. The minimum Gasteiger partial charge on any atom is -0.481 e. The summed E-state index contributed by atoms with van der Waals surface area (Å²) in [6, 6.07) is 6.39. The van der Waals surface area contributed by atoms with Crippen molar-refractivity contribution in [3.05, 3.63) is 29.8 Å². The van der Waals surface area contributed by atoms with Crippen LogP contribution in [-0.2, 0) is 14.4 Å². The van der Waals surface area contributed by atoms with Crippen molar-refractivity contribution in [3.8, 4) is 0 Å². The summed E-state index contributed by atoms with van der Waals surface area (Å²) in [6.45, 7) is 1.92. The lowest BCUT2D eigenvalue weighted by molar-refractivity contribution is -0.142. The molecule has 1 aromatic carbocycles. The number of carboxylic acids is 2. The van der Waals surface area contributed by atoms with Crippen molar-refractivity contribution in [3.63, 3.8) is 0 Å². The third-order valence-electron chi connectivity index (χ3n) is 2.73. The van der Waals surface area contributed by atoms with Gasteiger partial charge in [0, 0.05) is 11.3 Å². The maximum absolute atomic E-state index is 11.7. The highest BCUT2D eigenvalue weighted by Crippen LogP contribution is 2.21. The smallest absolute Gasteiger partial charge is 0.326 e. The minimum atomic E-state index is -1.23. The molecule has 6 nitrogen and oxygen atoms in total. The summed E-state index contributed by atoms with van der Waals surface area (Å²) < 4.78 is 0. The van der Waals surface area contributed by atoms with Gasteiger partial charge in [-0.15, -0.1) is 11.8 Å². The molecule has 0 aliphatic carbocycles. The van der Waals surface area contributed by atoms with Crippen LogP contribution in [0.4, 0.5) is 0 Å². The second-order valence-electron chi connectivity index (χ2n) is 4.44. The number of carbonyl (C=O) groups excluding carboxylic acids is 1. The topological polar surface area (TPSA) is 104 Å². The van der Waals surface area contributed by atoms with Crippen LogP contribution < -0.4 is 5.32 Å². The van der Waals surface area contributed by atoms with Gasteiger partial charge in [0.05, 0.1) is 5.75 Å². The van der Waals surface area contributed by atoms with E-state index in [1.165, 1.54) is 11.8 Å². The molecule has 114 valence electrons. The summed E-state index contributed by atoms with van der Waals surface area (Å²) in [4.78, 5) is 34.1. The van der Waals surface area contributed by atoms with E-state index < -0.39 is 23.9 Å². The Balaban J connectivity index is 2.49. The third-order valence-corrected chi connectivity index (χ3v) is 3.91. The number of hydrogen-bond acceptors (Lipinski definition) is 4. The predicted octanol–water partition coefficient (Wildman–Crippen LogP) is 1.52. The molecule has 3 N–H and O–H groups in total. The number of aryl methyl sites for hydroxylation is 1. The molecule has 7 heteroatoms. The first-order chi connectivity index (χ1) is 9.90. The van der Waals surface area contributed by atoms with Crippen molar-refractivity contribution >= 4 is 29.6 Å². The average molecular weight is 311 g/mol. The molecule has 0 aliphatic heterocycles. The van der Waals surface area contributed by atoms with Crippen LogP contribution in [0.5, 0.6) is 0 Å². The third kappa shape index (κ3) is 6.31. The Morgan fingerprint density at radius 2 is 1.90 bits per heavy atom. The van der Waals surface area contributed by atoms with E-state index in [4.69, 9.17) is 10.2 Å². The zero-order valence-corrected chi connectivity index (χ0v) is 12.4. The molecular weight excluding hydrogens is 294 g/mol. The van der Waals surface area contributed by atoms with Gasteiger partial charge in [-0.05, 0) is 25.0 Å². The molecule has 0 heterocycles. The van der Waals surface area contributed by atoms with Crippen LogP contribution in [0.3, 0.4) is 0 Å². The number of aliphatic carboxylic acids is 2. The van der Waals surface area contributed by atoms with Crippen LogP contribution in [0.15, 0.2) is 29.2 Å². The van der Waals surface area contributed by atoms with Gasteiger partial charge in [0.2, 0.25) is 5.91 Å². The van der Waals surface area contributed by atoms with Gasteiger partial charge in [-0.2, -0.15) is 0 Å². The Kier molecular flexibility index (Phi) is 6.74. The average Bonchev–Trinajstić information content (AvgIpc) is 2.42. The van der Waals surface area contributed by atoms with Crippen LogP contribution in [0.1, 0.15) is 18.4 Å². The number of thioether (sulfide) groups is 1. The molecule has 0 spiro atoms. The highest BCUT2D eigenvalue weighted by Gasteiger charge is 2.20. The number of benzene rings is 1. The summed E-state index contributed by atoms with van der Waals surface area (Å²) in [5, 5.41) is 19.8. The summed E-state index contributed by atoms with van der Waals surface area (Å²) in [6.07, 6.45) is -0.437. The van der Waals surface area contributed by atoms with Crippen molar-refractivity contribution in [2.24, 2.45) is 0 Å². The summed E-state index contributed by atoms with van der Waals surface area (Å²) >= 11 is 1.31. The quantitative estimate of drug-likeness (QED) is 0.629. The van der Waals surface area contributed by atoms with Gasteiger partial charge in [-0.25, -0.2) is 4.79 Å². The van der Waals surface area contributed by atoms with Crippen molar-refractivity contribution in [2.45, 2.75) is 30.7 Å². The van der Waals surface area contributed by atoms with E-state index in [2.05, 4.69) is 5.32 Å². The maximum Gasteiger partial charge on any atom is 0.326 e. The van der Waals surface area contributed by atoms with Gasteiger partial charge in [0.1, 0.15) is 6.04 Å². The first-order valence-corrected chi connectivity index (χ1v) is 7.31. The predicted molar refractivity (Wildman–Crippen MR) is 78.3 cm³/mol. The molecule has 1 unspecified atom stereocenters. The number of nitrogens with one attached hydrogen (secondary N) is 1. The lowest BCUT2D eigenvalue weighted by Crippen LogP contribution is -2.41.